The minimum absolute atomic E-state index is 0.0486. The van der Waals surface area contributed by atoms with Crippen LogP contribution in [-0.4, -0.2) is 21.6 Å². The van der Waals surface area contributed by atoms with E-state index in [0.717, 1.165) is 0 Å². The molecule has 0 radical (unpaired) electrons. The van der Waals surface area contributed by atoms with E-state index in [1.54, 1.807) is 54.6 Å². The molecule has 2 aromatic carbocycles. The maximum atomic E-state index is 7.47. The van der Waals surface area contributed by atoms with Crippen molar-refractivity contribution in [2.45, 2.75) is 0 Å². The van der Waals surface area contributed by atoms with Gasteiger partial charge in [-0.05, 0) is 24.3 Å². The third kappa shape index (κ3) is 4.12. The molecule has 1 aromatic heterocycles. The topological polar surface area (TPSA) is 144 Å². The fourth-order valence-electron chi connectivity index (χ4n) is 2.11. The van der Waals surface area contributed by atoms with Crippen molar-refractivity contribution in [1.82, 2.24) is 9.97 Å². The molecule has 1 heterocycles. The van der Waals surface area contributed by atoms with Crippen LogP contribution < -0.4 is 20.9 Å². The third-order valence-electron chi connectivity index (χ3n) is 3.33. The maximum Gasteiger partial charge on any atom is 0.325 e. The van der Waals surface area contributed by atoms with Crippen molar-refractivity contribution in [3.63, 3.8) is 0 Å². The van der Waals surface area contributed by atoms with E-state index in [1.807, 2.05) is 0 Å². The molecule has 0 atom stereocenters. The Morgan fingerprint density at radius 2 is 1.38 bits per heavy atom. The Kier molecular flexibility index (Phi) is 4.75. The number of hydrogen-bond donors (Lipinski definition) is 4. The summed E-state index contributed by atoms with van der Waals surface area (Å²) in [5.74, 6) is 1.11. The molecule has 0 spiro atoms. The molecule has 3 rings (SSSR count). The molecule has 8 nitrogen and oxygen atoms in total. The van der Waals surface area contributed by atoms with E-state index in [2.05, 4.69) is 9.97 Å². The van der Waals surface area contributed by atoms with Gasteiger partial charge in [0.05, 0.1) is 0 Å². The van der Waals surface area contributed by atoms with Crippen molar-refractivity contribution in [3.8, 4) is 23.4 Å². The van der Waals surface area contributed by atoms with Gasteiger partial charge in [-0.15, -0.1) is 0 Å². The van der Waals surface area contributed by atoms with Gasteiger partial charge in [-0.1, -0.05) is 24.3 Å². The van der Waals surface area contributed by atoms with Crippen LogP contribution in [0, 0.1) is 10.8 Å². The Balaban J connectivity index is 1.78. The van der Waals surface area contributed by atoms with Crippen LogP contribution >= 0.6 is 0 Å². The molecule has 6 N–H and O–H groups in total. The van der Waals surface area contributed by atoms with Crippen LogP contribution in [0.15, 0.2) is 60.8 Å². The SMILES string of the molecule is N=C(N)c1cccc(Oc2ccnc(Oc3cccc(C(=N)N)c3)n2)c1. The quantitative estimate of drug-likeness (QED) is 0.398. The number of amidine groups is 2. The summed E-state index contributed by atoms with van der Waals surface area (Å²) >= 11 is 0. The van der Waals surface area contributed by atoms with Gasteiger partial charge in [-0.3, -0.25) is 10.8 Å². The highest BCUT2D eigenvalue weighted by Gasteiger charge is 2.07. The third-order valence-corrected chi connectivity index (χ3v) is 3.33. The zero-order chi connectivity index (χ0) is 18.5. The smallest absolute Gasteiger partial charge is 0.325 e. The van der Waals surface area contributed by atoms with Crippen LogP contribution in [0.5, 0.6) is 23.4 Å². The van der Waals surface area contributed by atoms with Crippen LogP contribution in [0.4, 0.5) is 0 Å². The molecule has 0 amide bonds. The number of aromatic nitrogens is 2. The monoisotopic (exact) mass is 348 g/mol. The first kappa shape index (κ1) is 16.9. The molecule has 8 heteroatoms. The van der Waals surface area contributed by atoms with Gasteiger partial charge in [0.1, 0.15) is 23.2 Å². The van der Waals surface area contributed by atoms with Crippen LogP contribution in [0.1, 0.15) is 11.1 Å². The Bertz CT molecular complexity index is 898. The lowest BCUT2D eigenvalue weighted by atomic mass is 10.2. The van der Waals surface area contributed by atoms with Crippen LogP contribution in [0.25, 0.3) is 0 Å². The zero-order valence-electron chi connectivity index (χ0n) is 13.6. The molecule has 0 saturated heterocycles. The molecular formula is C18H16N6O2. The number of nitrogens with two attached hydrogens (primary N) is 2. The van der Waals surface area contributed by atoms with E-state index in [0.29, 0.717) is 22.6 Å². The van der Waals surface area contributed by atoms with Gasteiger partial charge in [0.2, 0.25) is 5.88 Å². The summed E-state index contributed by atoms with van der Waals surface area (Å²) in [6.07, 6.45) is 1.50. The second-order valence-corrected chi connectivity index (χ2v) is 5.26. The lowest BCUT2D eigenvalue weighted by Crippen LogP contribution is -2.10. The normalized spacial score (nSPS) is 10.2. The number of nitrogens with zero attached hydrogens (tertiary/aromatic N) is 2. The fraction of sp³-hybridized carbons (Fsp3) is 0. The number of benzene rings is 2. The van der Waals surface area contributed by atoms with E-state index in [1.165, 1.54) is 6.20 Å². The Morgan fingerprint density at radius 1 is 0.808 bits per heavy atom. The van der Waals surface area contributed by atoms with Crippen molar-refractivity contribution in [1.29, 1.82) is 10.8 Å². The molecule has 0 aliphatic rings. The van der Waals surface area contributed by atoms with Crippen LogP contribution in [-0.2, 0) is 0 Å². The first-order chi connectivity index (χ1) is 12.5. The Labute approximate surface area is 149 Å². The minimum atomic E-state index is -0.0567. The van der Waals surface area contributed by atoms with Gasteiger partial charge in [0.15, 0.2) is 0 Å². The van der Waals surface area contributed by atoms with E-state index in [4.69, 9.17) is 31.8 Å². The number of nitrogens with one attached hydrogen (secondary N) is 2. The summed E-state index contributed by atoms with van der Waals surface area (Å²) in [5.41, 5.74) is 12.0. The maximum absolute atomic E-state index is 7.47. The number of ether oxygens (including phenoxy) is 2. The van der Waals surface area contributed by atoms with Crippen molar-refractivity contribution in [2.75, 3.05) is 0 Å². The largest absolute Gasteiger partial charge is 0.439 e. The van der Waals surface area contributed by atoms with Crippen molar-refractivity contribution in [3.05, 3.63) is 71.9 Å². The second-order valence-electron chi connectivity index (χ2n) is 5.26. The Morgan fingerprint density at radius 3 is 1.96 bits per heavy atom. The molecule has 0 unspecified atom stereocenters. The van der Waals surface area contributed by atoms with Gasteiger partial charge < -0.3 is 20.9 Å². The predicted octanol–water partition coefficient (Wildman–Crippen LogP) is 2.63. The molecule has 130 valence electrons. The van der Waals surface area contributed by atoms with E-state index >= 15 is 0 Å². The van der Waals surface area contributed by atoms with Gasteiger partial charge in [0.25, 0.3) is 0 Å². The molecule has 0 saturated carbocycles. The molecule has 3 aromatic rings. The van der Waals surface area contributed by atoms with Gasteiger partial charge >= 0.3 is 6.01 Å². The zero-order valence-corrected chi connectivity index (χ0v) is 13.6. The molecular weight excluding hydrogens is 332 g/mol. The lowest BCUT2D eigenvalue weighted by molar-refractivity contribution is 0.411. The highest BCUT2D eigenvalue weighted by atomic mass is 16.5. The first-order valence-corrected chi connectivity index (χ1v) is 7.59. The molecule has 0 aliphatic carbocycles. The highest BCUT2D eigenvalue weighted by Crippen LogP contribution is 2.24. The standard InChI is InChI=1S/C18H16N6O2/c19-16(20)11-3-1-5-13(9-11)25-15-7-8-23-18(24-15)26-14-6-2-4-12(10-14)17(21)22/h1-10H,(H3,19,20)(H3,21,22). The number of rotatable bonds is 6. The molecule has 0 aliphatic heterocycles. The molecule has 0 bridgehead atoms. The van der Waals surface area contributed by atoms with Gasteiger partial charge in [-0.25, -0.2) is 4.98 Å². The molecule has 26 heavy (non-hydrogen) atoms. The van der Waals surface area contributed by atoms with Gasteiger partial charge in [-0.2, -0.15) is 4.98 Å². The summed E-state index contributed by atoms with van der Waals surface area (Å²) < 4.78 is 11.3. The minimum Gasteiger partial charge on any atom is -0.439 e. The summed E-state index contributed by atoms with van der Waals surface area (Å²) in [7, 11) is 0. The summed E-state index contributed by atoms with van der Waals surface area (Å²) in [4.78, 5) is 8.23. The second kappa shape index (κ2) is 7.31. The van der Waals surface area contributed by atoms with Crippen molar-refractivity contribution < 1.29 is 9.47 Å². The van der Waals surface area contributed by atoms with Gasteiger partial charge in [0, 0.05) is 23.4 Å². The average molecular weight is 348 g/mol. The van der Waals surface area contributed by atoms with Crippen molar-refractivity contribution in [2.24, 2.45) is 11.5 Å². The predicted molar refractivity (Wildman–Crippen MR) is 97.1 cm³/mol. The summed E-state index contributed by atoms with van der Waals surface area (Å²) in [5, 5.41) is 14.9. The Hall–Kier alpha value is -3.94. The first-order valence-electron chi connectivity index (χ1n) is 7.59. The summed E-state index contributed by atoms with van der Waals surface area (Å²) in [6, 6.07) is 15.2. The van der Waals surface area contributed by atoms with Crippen molar-refractivity contribution >= 4 is 11.7 Å². The van der Waals surface area contributed by atoms with Crippen LogP contribution in [0.3, 0.4) is 0 Å². The highest BCUT2D eigenvalue weighted by molar-refractivity contribution is 5.95. The molecule has 0 fully saturated rings. The average Bonchev–Trinajstić information content (AvgIpc) is 2.62. The number of hydrogen-bond acceptors (Lipinski definition) is 6. The van der Waals surface area contributed by atoms with E-state index in [9.17, 15) is 0 Å². The fourth-order valence-corrected chi connectivity index (χ4v) is 2.11. The van der Waals surface area contributed by atoms with E-state index in [-0.39, 0.29) is 23.6 Å². The van der Waals surface area contributed by atoms with E-state index < -0.39 is 0 Å². The summed E-state index contributed by atoms with van der Waals surface area (Å²) in [6.45, 7) is 0. The number of nitrogen functional groups attached to an aromatic ring is 2. The van der Waals surface area contributed by atoms with Crippen LogP contribution in [0.2, 0.25) is 0 Å². The lowest BCUT2D eigenvalue weighted by Gasteiger charge is -2.08.